The predicted octanol–water partition coefficient (Wildman–Crippen LogP) is 1.78. The summed E-state index contributed by atoms with van der Waals surface area (Å²) in [4.78, 5) is 28.2. The minimum atomic E-state index is -0.480. The van der Waals surface area contributed by atoms with Gasteiger partial charge in [0.05, 0.1) is 0 Å². The Bertz CT molecular complexity index is 744. The van der Waals surface area contributed by atoms with E-state index in [0.717, 1.165) is 11.3 Å². The molecule has 0 fully saturated rings. The summed E-state index contributed by atoms with van der Waals surface area (Å²) in [6.07, 6.45) is 2.72. The molecule has 0 atom stereocenters. The fourth-order valence-corrected chi connectivity index (χ4v) is 2.19. The summed E-state index contributed by atoms with van der Waals surface area (Å²) >= 11 is 0. The second kappa shape index (κ2) is 6.74. The summed E-state index contributed by atoms with van der Waals surface area (Å²) in [7, 11) is 0. The highest BCUT2D eigenvalue weighted by molar-refractivity contribution is 5.32. The van der Waals surface area contributed by atoms with Gasteiger partial charge in [-0.05, 0) is 24.1 Å². The van der Waals surface area contributed by atoms with E-state index < -0.39 is 5.69 Å². The highest BCUT2D eigenvalue weighted by atomic mass is 16.5. The van der Waals surface area contributed by atoms with Gasteiger partial charge in [0.15, 0.2) is 0 Å². The van der Waals surface area contributed by atoms with Crippen LogP contribution in [0.3, 0.4) is 0 Å². The molecule has 5 heteroatoms. The van der Waals surface area contributed by atoms with Crippen molar-refractivity contribution in [2.45, 2.75) is 19.8 Å². The Morgan fingerprint density at radius 3 is 2.81 bits per heavy atom. The van der Waals surface area contributed by atoms with E-state index in [9.17, 15) is 9.59 Å². The highest BCUT2D eigenvalue weighted by Gasteiger charge is 2.08. The van der Waals surface area contributed by atoms with Crippen molar-refractivity contribution in [2.75, 3.05) is 6.61 Å². The third-order valence-electron chi connectivity index (χ3n) is 3.13. The maximum absolute atomic E-state index is 11.8. The largest absolute Gasteiger partial charge is 0.490 e. The van der Waals surface area contributed by atoms with E-state index in [0.29, 0.717) is 30.7 Å². The number of nitrogens with one attached hydrogen (secondary N) is 2. The number of hydrogen-bond donors (Lipinski definition) is 2. The zero-order valence-corrected chi connectivity index (χ0v) is 11.9. The van der Waals surface area contributed by atoms with Crippen molar-refractivity contribution in [2.24, 2.45) is 0 Å². The number of rotatable bonds is 6. The van der Waals surface area contributed by atoms with Crippen molar-refractivity contribution >= 4 is 0 Å². The maximum Gasteiger partial charge on any atom is 0.325 e. The van der Waals surface area contributed by atoms with Gasteiger partial charge in [-0.1, -0.05) is 31.7 Å². The van der Waals surface area contributed by atoms with Crippen LogP contribution >= 0.6 is 0 Å². The number of hydrogen-bond acceptors (Lipinski definition) is 3. The molecule has 0 spiro atoms. The van der Waals surface area contributed by atoms with E-state index in [1.165, 1.54) is 0 Å². The molecule has 1 heterocycles. The molecular weight excluding hydrogens is 268 g/mol. The summed E-state index contributed by atoms with van der Waals surface area (Å²) < 4.78 is 5.48. The minimum Gasteiger partial charge on any atom is -0.490 e. The van der Waals surface area contributed by atoms with Crippen LogP contribution in [0, 0.1) is 0 Å². The first-order chi connectivity index (χ1) is 10.1. The van der Waals surface area contributed by atoms with Gasteiger partial charge in [0.1, 0.15) is 12.4 Å². The van der Waals surface area contributed by atoms with Gasteiger partial charge < -0.3 is 9.72 Å². The lowest BCUT2D eigenvalue weighted by atomic mass is 10.0. The molecule has 0 aliphatic carbocycles. The first kappa shape index (κ1) is 14.8. The minimum absolute atomic E-state index is 0.324. The summed E-state index contributed by atoms with van der Waals surface area (Å²) in [6.45, 7) is 5.93. The van der Waals surface area contributed by atoms with Crippen LogP contribution < -0.4 is 16.0 Å². The van der Waals surface area contributed by atoms with Gasteiger partial charge in [-0.3, -0.25) is 9.78 Å². The molecule has 110 valence electrons. The van der Waals surface area contributed by atoms with Crippen LogP contribution in [-0.4, -0.2) is 16.6 Å². The van der Waals surface area contributed by atoms with Crippen LogP contribution in [0.4, 0.5) is 0 Å². The second-order valence-corrected chi connectivity index (χ2v) is 4.64. The van der Waals surface area contributed by atoms with Gasteiger partial charge in [-0.15, -0.1) is 0 Å². The van der Waals surface area contributed by atoms with E-state index in [1.807, 2.05) is 31.2 Å². The van der Waals surface area contributed by atoms with E-state index in [2.05, 4.69) is 16.5 Å². The number of aromatic amines is 2. The quantitative estimate of drug-likeness (QED) is 0.795. The summed E-state index contributed by atoms with van der Waals surface area (Å²) in [5.41, 5.74) is 1.41. The third-order valence-corrected chi connectivity index (χ3v) is 3.13. The first-order valence-corrected chi connectivity index (χ1v) is 6.81. The standard InChI is InChI=1S/C16H18N2O3/c1-3-8-21-12-7-5-6-11(9-12)10-14-13(4-2)15(19)18-16(20)17-14/h3,5-7,9H,1,4,8,10H2,2H3,(H2,17,18,19,20). The Labute approximate surface area is 122 Å². The molecule has 1 aromatic heterocycles. The summed E-state index contributed by atoms with van der Waals surface area (Å²) in [6, 6.07) is 7.56. The molecular formula is C16H18N2O3. The summed E-state index contributed by atoms with van der Waals surface area (Å²) in [5.74, 6) is 0.734. The van der Waals surface area contributed by atoms with Crippen molar-refractivity contribution in [1.29, 1.82) is 0 Å². The molecule has 0 aliphatic rings. The van der Waals surface area contributed by atoms with Crippen LogP contribution in [0.15, 0.2) is 46.5 Å². The van der Waals surface area contributed by atoms with Gasteiger partial charge in [-0.25, -0.2) is 4.79 Å². The average Bonchev–Trinajstić information content (AvgIpc) is 2.45. The zero-order valence-electron chi connectivity index (χ0n) is 11.9. The average molecular weight is 286 g/mol. The molecule has 0 saturated carbocycles. The number of benzene rings is 1. The molecule has 1 aromatic carbocycles. The Hall–Kier alpha value is -2.56. The zero-order chi connectivity index (χ0) is 15.2. The molecule has 2 rings (SSSR count). The van der Waals surface area contributed by atoms with Crippen molar-refractivity contribution in [3.63, 3.8) is 0 Å². The monoisotopic (exact) mass is 286 g/mol. The smallest absolute Gasteiger partial charge is 0.325 e. The van der Waals surface area contributed by atoms with Gasteiger partial charge in [0.2, 0.25) is 0 Å². The van der Waals surface area contributed by atoms with E-state index in [-0.39, 0.29) is 5.56 Å². The fraction of sp³-hybridized carbons (Fsp3) is 0.250. The van der Waals surface area contributed by atoms with Crippen molar-refractivity contribution in [3.8, 4) is 5.75 Å². The number of aromatic nitrogens is 2. The Kier molecular flexibility index (Phi) is 4.77. The van der Waals surface area contributed by atoms with Gasteiger partial charge >= 0.3 is 5.69 Å². The topological polar surface area (TPSA) is 75.0 Å². The molecule has 2 aromatic rings. The van der Waals surface area contributed by atoms with E-state index >= 15 is 0 Å². The maximum atomic E-state index is 11.8. The molecule has 2 N–H and O–H groups in total. The second-order valence-electron chi connectivity index (χ2n) is 4.64. The molecule has 0 bridgehead atoms. The lowest BCUT2D eigenvalue weighted by Gasteiger charge is -2.08. The Morgan fingerprint density at radius 2 is 2.10 bits per heavy atom. The number of ether oxygens (including phenoxy) is 1. The number of H-pyrrole nitrogens is 2. The van der Waals surface area contributed by atoms with Crippen molar-refractivity contribution in [1.82, 2.24) is 9.97 Å². The molecule has 21 heavy (non-hydrogen) atoms. The third kappa shape index (κ3) is 3.72. The fourth-order valence-electron chi connectivity index (χ4n) is 2.19. The van der Waals surface area contributed by atoms with Gasteiger partial charge in [-0.2, -0.15) is 0 Å². The highest BCUT2D eigenvalue weighted by Crippen LogP contribution is 2.16. The van der Waals surface area contributed by atoms with Crippen LogP contribution in [0.25, 0.3) is 0 Å². The Balaban J connectivity index is 2.32. The molecule has 0 unspecified atom stereocenters. The molecule has 0 radical (unpaired) electrons. The van der Waals surface area contributed by atoms with E-state index in [4.69, 9.17) is 4.74 Å². The lowest BCUT2D eigenvalue weighted by Crippen LogP contribution is -2.28. The summed E-state index contributed by atoms with van der Waals surface area (Å²) in [5, 5.41) is 0. The lowest BCUT2D eigenvalue weighted by molar-refractivity contribution is 0.363. The van der Waals surface area contributed by atoms with E-state index in [1.54, 1.807) is 6.08 Å². The SMILES string of the molecule is C=CCOc1cccc(Cc2[nH]c(=O)[nH]c(=O)c2CC)c1. The van der Waals surface area contributed by atoms with Crippen LogP contribution in [0.2, 0.25) is 0 Å². The van der Waals surface area contributed by atoms with Crippen molar-refractivity contribution in [3.05, 3.63) is 74.6 Å². The molecule has 0 saturated heterocycles. The predicted molar refractivity (Wildman–Crippen MR) is 82.0 cm³/mol. The van der Waals surface area contributed by atoms with Crippen LogP contribution in [-0.2, 0) is 12.8 Å². The van der Waals surface area contributed by atoms with Crippen molar-refractivity contribution < 1.29 is 4.74 Å². The molecule has 0 amide bonds. The normalized spacial score (nSPS) is 10.3. The van der Waals surface area contributed by atoms with Gasteiger partial charge in [0.25, 0.3) is 5.56 Å². The van der Waals surface area contributed by atoms with Gasteiger partial charge in [0, 0.05) is 17.7 Å². The molecule has 0 aliphatic heterocycles. The van der Waals surface area contributed by atoms with Crippen LogP contribution in [0.5, 0.6) is 5.75 Å². The first-order valence-electron chi connectivity index (χ1n) is 6.81. The molecule has 5 nitrogen and oxygen atoms in total. The Morgan fingerprint density at radius 1 is 1.29 bits per heavy atom. The van der Waals surface area contributed by atoms with Crippen LogP contribution in [0.1, 0.15) is 23.7 Å².